The summed E-state index contributed by atoms with van der Waals surface area (Å²) in [7, 11) is 1.48. The average molecular weight is 495 g/mol. The van der Waals surface area contributed by atoms with Crippen LogP contribution in [0.2, 0.25) is 0 Å². The molecular weight excluding hydrogens is 456 g/mol. The van der Waals surface area contributed by atoms with Gasteiger partial charge in [-0.2, -0.15) is 0 Å². The number of hydrogen-bond donors (Lipinski definition) is 0. The molecule has 0 aromatic heterocycles. The van der Waals surface area contributed by atoms with Crippen LogP contribution >= 0.6 is 0 Å². The number of fused-ring (bicyclic) bond motifs is 3. The lowest BCUT2D eigenvalue weighted by Gasteiger charge is -2.69. The monoisotopic (exact) mass is 494 g/mol. The molecule has 6 heteroatoms. The Hall–Kier alpha value is -2.18. The lowest BCUT2D eigenvalue weighted by Crippen LogP contribution is -2.71. The van der Waals surface area contributed by atoms with E-state index in [1.807, 2.05) is 25.1 Å². The summed E-state index contributed by atoms with van der Waals surface area (Å²) in [6.45, 7) is 6.71. The van der Waals surface area contributed by atoms with Crippen LogP contribution in [0, 0.1) is 28.6 Å². The second kappa shape index (κ2) is 8.16. The van der Waals surface area contributed by atoms with Crippen LogP contribution in [0.4, 0.5) is 0 Å². The fourth-order valence-corrected chi connectivity index (χ4v) is 9.06. The van der Waals surface area contributed by atoms with Crippen molar-refractivity contribution in [2.75, 3.05) is 7.11 Å². The van der Waals surface area contributed by atoms with Crippen molar-refractivity contribution >= 4 is 11.9 Å². The van der Waals surface area contributed by atoms with Crippen molar-refractivity contribution in [1.82, 2.24) is 0 Å². The summed E-state index contributed by atoms with van der Waals surface area (Å²) in [5.74, 6) is 0.0554. The molecule has 4 aliphatic carbocycles. The van der Waals surface area contributed by atoms with Crippen LogP contribution in [0.15, 0.2) is 42.0 Å². The predicted molar refractivity (Wildman–Crippen MR) is 133 cm³/mol. The number of carbonyl (C=O) groups is 2. The van der Waals surface area contributed by atoms with Crippen molar-refractivity contribution in [3.8, 4) is 0 Å². The lowest BCUT2D eigenvalue weighted by atomic mass is 9.44. The van der Waals surface area contributed by atoms with Gasteiger partial charge in [-0.25, -0.2) is 14.6 Å². The van der Waals surface area contributed by atoms with E-state index in [9.17, 15) is 9.59 Å². The molecule has 1 aromatic rings. The number of esters is 2. The number of rotatable bonds is 4. The van der Waals surface area contributed by atoms with Gasteiger partial charge in [-0.3, -0.25) is 4.79 Å². The standard InChI is InChI=1S/C30H38O6/c1-19(25(31)33-4)22-10-11-23-27(22,2)14-13-24-28(3)15-12-21(34-26(32)20-8-6-5-7-9-20)18-29(28)16-17-30(23,24)36-35-29/h5-9,13,19,21-23H,10-12,14-18H2,1-4H3/t19-,21+,22-,23-,27+,28+,29-,30-/m0/s1. The molecule has 5 fully saturated rings. The third-order valence-electron chi connectivity index (χ3n) is 11.0. The molecule has 3 saturated carbocycles. The van der Waals surface area contributed by atoms with Crippen LogP contribution in [0.1, 0.15) is 82.5 Å². The van der Waals surface area contributed by atoms with E-state index in [0.717, 1.165) is 44.9 Å². The molecule has 2 spiro atoms. The Morgan fingerprint density at radius 3 is 2.50 bits per heavy atom. The molecule has 2 saturated heterocycles. The fourth-order valence-electron chi connectivity index (χ4n) is 9.06. The highest BCUT2D eigenvalue weighted by Gasteiger charge is 2.74. The van der Waals surface area contributed by atoms with Gasteiger partial charge in [-0.05, 0) is 74.0 Å². The van der Waals surface area contributed by atoms with Crippen molar-refractivity contribution in [3.05, 3.63) is 47.5 Å². The van der Waals surface area contributed by atoms with Gasteiger partial charge in [-0.15, -0.1) is 0 Å². The Balaban J connectivity index is 1.27. The summed E-state index contributed by atoms with van der Waals surface area (Å²) < 4.78 is 11.1. The van der Waals surface area contributed by atoms with Crippen molar-refractivity contribution in [3.63, 3.8) is 0 Å². The Morgan fingerprint density at radius 1 is 1.03 bits per heavy atom. The molecule has 1 aromatic carbocycles. The van der Waals surface area contributed by atoms with Gasteiger partial charge in [-0.1, -0.05) is 45.0 Å². The molecule has 0 radical (unpaired) electrons. The highest BCUT2D eigenvalue weighted by molar-refractivity contribution is 5.89. The van der Waals surface area contributed by atoms with Crippen molar-refractivity contribution < 1.29 is 28.8 Å². The van der Waals surface area contributed by atoms with Gasteiger partial charge in [0.25, 0.3) is 0 Å². The number of ether oxygens (including phenoxy) is 2. The van der Waals surface area contributed by atoms with E-state index < -0.39 is 11.2 Å². The normalized spacial score (nSPS) is 43.4. The van der Waals surface area contributed by atoms with Gasteiger partial charge in [0.05, 0.1) is 18.6 Å². The van der Waals surface area contributed by atoms with E-state index in [2.05, 4.69) is 19.9 Å². The molecule has 36 heavy (non-hydrogen) atoms. The third kappa shape index (κ3) is 3.10. The van der Waals surface area contributed by atoms with E-state index >= 15 is 0 Å². The molecule has 0 amide bonds. The van der Waals surface area contributed by atoms with E-state index in [0.29, 0.717) is 17.9 Å². The second-order valence-electron chi connectivity index (χ2n) is 12.4. The molecule has 2 aliphatic heterocycles. The van der Waals surface area contributed by atoms with Gasteiger partial charge in [0.2, 0.25) is 0 Å². The molecule has 8 atom stereocenters. The van der Waals surface area contributed by atoms with Gasteiger partial charge < -0.3 is 9.47 Å². The highest BCUT2D eigenvalue weighted by Crippen LogP contribution is 2.73. The molecule has 6 aliphatic rings. The van der Waals surface area contributed by atoms with Crippen molar-refractivity contribution in [2.24, 2.45) is 28.6 Å². The minimum atomic E-state index is -0.481. The number of hydrogen-bond acceptors (Lipinski definition) is 6. The molecule has 0 unspecified atom stereocenters. The lowest BCUT2D eigenvalue weighted by molar-refractivity contribution is -0.494. The first kappa shape index (κ1) is 24.2. The van der Waals surface area contributed by atoms with Gasteiger partial charge >= 0.3 is 11.9 Å². The molecular formula is C30H38O6. The summed E-state index contributed by atoms with van der Waals surface area (Å²) in [6.07, 6.45) is 9.41. The quantitative estimate of drug-likeness (QED) is 0.299. The van der Waals surface area contributed by atoms with Gasteiger partial charge in [0.15, 0.2) is 0 Å². The Morgan fingerprint density at radius 2 is 1.81 bits per heavy atom. The van der Waals surface area contributed by atoms with E-state index in [1.54, 1.807) is 12.1 Å². The second-order valence-corrected chi connectivity index (χ2v) is 12.4. The van der Waals surface area contributed by atoms with Crippen LogP contribution in [-0.2, 0) is 24.0 Å². The van der Waals surface area contributed by atoms with Gasteiger partial charge in [0, 0.05) is 17.8 Å². The number of methoxy groups -OCH3 is 1. The minimum absolute atomic E-state index is 0.0312. The summed E-state index contributed by atoms with van der Waals surface area (Å²) in [4.78, 5) is 38.2. The maximum Gasteiger partial charge on any atom is 0.338 e. The van der Waals surface area contributed by atoms with Crippen LogP contribution in [0.5, 0.6) is 0 Å². The number of carbonyl (C=O) groups excluding carboxylic acids is 2. The number of benzene rings is 1. The first-order valence-corrected chi connectivity index (χ1v) is 13.6. The van der Waals surface area contributed by atoms with Crippen LogP contribution in [0.25, 0.3) is 0 Å². The van der Waals surface area contributed by atoms with Crippen molar-refractivity contribution in [2.45, 2.75) is 89.4 Å². The van der Waals surface area contributed by atoms with Crippen LogP contribution < -0.4 is 0 Å². The molecule has 2 bridgehead atoms. The first-order chi connectivity index (χ1) is 17.2. The van der Waals surface area contributed by atoms with E-state index in [1.165, 1.54) is 12.7 Å². The zero-order valence-electron chi connectivity index (χ0n) is 21.9. The smallest absolute Gasteiger partial charge is 0.338 e. The SMILES string of the molecule is COC(=O)[C@@H](C)[C@@H]1CC[C@H]2[C@]1(C)CC=C1[C@]23CC[C@@]2(C[C@H](OC(=O)c4ccccc4)CC[C@]12C)OO3. The highest BCUT2D eigenvalue weighted by atomic mass is 17.2. The van der Waals surface area contributed by atoms with Crippen molar-refractivity contribution in [1.29, 1.82) is 0 Å². The molecule has 2 heterocycles. The number of allylic oxidation sites excluding steroid dienone is 1. The summed E-state index contributed by atoms with van der Waals surface area (Å²) in [6, 6.07) is 9.20. The summed E-state index contributed by atoms with van der Waals surface area (Å²) >= 11 is 0. The van der Waals surface area contributed by atoms with Crippen LogP contribution in [0.3, 0.4) is 0 Å². The first-order valence-electron chi connectivity index (χ1n) is 13.6. The third-order valence-corrected chi connectivity index (χ3v) is 11.0. The van der Waals surface area contributed by atoms with E-state index in [-0.39, 0.29) is 40.7 Å². The molecule has 6 nitrogen and oxygen atoms in total. The maximum absolute atomic E-state index is 12.8. The Bertz CT molecular complexity index is 1090. The summed E-state index contributed by atoms with van der Waals surface area (Å²) in [5, 5.41) is 0. The fraction of sp³-hybridized carbons (Fsp3) is 0.667. The summed E-state index contributed by atoms with van der Waals surface area (Å²) in [5.41, 5.74) is 0.892. The largest absolute Gasteiger partial charge is 0.469 e. The molecule has 194 valence electrons. The predicted octanol–water partition coefficient (Wildman–Crippen LogP) is 5.81. The van der Waals surface area contributed by atoms with Gasteiger partial charge in [0.1, 0.15) is 17.3 Å². The zero-order chi connectivity index (χ0) is 25.3. The molecule has 7 rings (SSSR count). The minimum Gasteiger partial charge on any atom is -0.469 e. The van der Waals surface area contributed by atoms with E-state index in [4.69, 9.17) is 19.2 Å². The Labute approximate surface area is 213 Å². The average Bonchev–Trinajstić information content (AvgIpc) is 3.26. The van der Waals surface area contributed by atoms with Crippen LogP contribution in [-0.4, -0.2) is 36.4 Å². The zero-order valence-corrected chi connectivity index (χ0v) is 21.9. The molecule has 0 N–H and O–H groups in total. The maximum atomic E-state index is 12.8. The topological polar surface area (TPSA) is 71.1 Å². The Kier molecular flexibility index (Phi) is 5.48.